The number of nitrogens with one attached hydrogen (secondary N) is 1. The molecular weight excluding hydrogens is 240 g/mol. The van der Waals surface area contributed by atoms with E-state index in [1.54, 1.807) is 6.07 Å². The molecule has 1 aliphatic rings. The zero-order valence-corrected chi connectivity index (χ0v) is 11.5. The molecule has 0 bridgehead atoms. The molecule has 0 radical (unpaired) electrons. The van der Waals surface area contributed by atoms with Gasteiger partial charge in [-0.15, -0.1) is 0 Å². The van der Waals surface area contributed by atoms with Crippen molar-refractivity contribution in [2.24, 2.45) is 5.41 Å². The first-order valence-electron chi connectivity index (χ1n) is 5.78. The summed E-state index contributed by atoms with van der Waals surface area (Å²) in [7, 11) is -3.55. The van der Waals surface area contributed by atoms with Crippen molar-refractivity contribution in [3.63, 3.8) is 0 Å². The van der Waals surface area contributed by atoms with Crippen LogP contribution in [-0.2, 0) is 14.8 Å². The Morgan fingerprint density at radius 1 is 1.59 bits per heavy atom. The molecular formula is C11H20N2O3S. The minimum Gasteiger partial charge on any atom is -0.378 e. The number of nitriles is 1. The Hall–Kier alpha value is -0.640. The molecule has 0 aliphatic heterocycles. The average molecular weight is 260 g/mol. The van der Waals surface area contributed by atoms with E-state index in [2.05, 4.69) is 4.72 Å². The SMILES string of the molecule is CCOC1CC(NS(=O)(=O)C(C)C#N)C1(C)C. The lowest BCUT2D eigenvalue weighted by atomic mass is 9.65. The van der Waals surface area contributed by atoms with Crippen LogP contribution in [0.5, 0.6) is 0 Å². The van der Waals surface area contributed by atoms with Crippen LogP contribution in [-0.4, -0.2) is 32.4 Å². The van der Waals surface area contributed by atoms with Crippen LogP contribution in [0.4, 0.5) is 0 Å². The summed E-state index contributed by atoms with van der Waals surface area (Å²) in [5.74, 6) is 0. The Morgan fingerprint density at radius 3 is 2.59 bits per heavy atom. The highest BCUT2D eigenvalue weighted by Crippen LogP contribution is 2.43. The lowest BCUT2D eigenvalue weighted by molar-refractivity contribution is -0.108. The van der Waals surface area contributed by atoms with Gasteiger partial charge in [0.1, 0.15) is 0 Å². The molecule has 1 N–H and O–H groups in total. The predicted molar refractivity (Wildman–Crippen MR) is 64.7 cm³/mol. The summed E-state index contributed by atoms with van der Waals surface area (Å²) in [6.07, 6.45) is 0.746. The molecule has 6 heteroatoms. The van der Waals surface area contributed by atoms with Gasteiger partial charge in [-0.05, 0) is 20.3 Å². The van der Waals surface area contributed by atoms with Crippen molar-refractivity contribution in [3.8, 4) is 6.07 Å². The first kappa shape index (κ1) is 14.4. The summed E-state index contributed by atoms with van der Waals surface area (Å²) >= 11 is 0. The number of ether oxygens (including phenoxy) is 1. The van der Waals surface area contributed by atoms with Gasteiger partial charge in [-0.2, -0.15) is 5.26 Å². The minimum absolute atomic E-state index is 0.0811. The fraction of sp³-hybridized carbons (Fsp3) is 0.909. The van der Waals surface area contributed by atoms with Crippen molar-refractivity contribution in [2.75, 3.05) is 6.61 Å². The second-order valence-corrected chi connectivity index (χ2v) is 7.02. The molecule has 0 aromatic carbocycles. The largest absolute Gasteiger partial charge is 0.378 e. The molecule has 17 heavy (non-hydrogen) atoms. The lowest BCUT2D eigenvalue weighted by Gasteiger charge is -2.51. The maximum absolute atomic E-state index is 11.7. The van der Waals surface area contributed by atoms with Gasteiger partial charge in [0.15, 0.2) is 5.25 Å². The van der Waals surface area contributed by atoms with Crippen LogP contribution in [0, 0.1) is 16.7 Å². The maximum Gasteiger partial charge on any atom is 0.227 e. The second-order valence-electron chi connectivity index (χ2n) is 4.99. The van der Waals surface area contributed by atoms with Gasteiger partial charge >= 0.3 is 0 Å². The van der Waals surface area contributed by atoms with Crippen LogP contribution in [0.2, 0.25) is 0 Å². The molecule has 0 saturated heterocycles. The number of hydrogen-bond acceptors (Lipinski definition) is 4. The Balaban J connectivity index is 2.66. The third-order valence-corrected chi connectivity index (χ3v) is 5.15. The van der Waals surface area contributed by atoms with Crippen molar-refractivity contribution < 1.29 is 13.2 Å². The van der Waals surface area contributed by atoms with Gasteiger partial charge in [-0.3, -0.25) is 0 Å². The van der Waals surface area contributed by atoms with Crippen molar-refractivity contribution >= 4 is 10.0 Å². The zero-order valence-electron chi connectivity index (χ0n) is 10.7. The van der Waals surface area contributed by atoms with Gasteiger partial charge in [0.25, 0.3) is 0 Å². The van der Waals surface area contributed by atoms with Crippen molar-refractivity contribution in [1.29, 1.82) is 5.26 Å². The standard InChI is InChI=1S/C11H20N2O3S/c1-5-16-10-6-9(11(10,3)4)13-17(14,15)8(2)7-12/h8-10,13H,5-6H2,1-4H3. The molecule has 1 saturated carbocycles. The summed E-state index contributed by atoms with van der Waals surface area (Å²) < 4.78 is 31.6. The molecule has 5 nitrogen and oxygen atoms in total. The lowest BCUT2D eigenvalue weighted by Crippen LogP contribution is -2.62. The molecule has 0 amide bonds. The van der Waals surface area contributed by atoms with E-state index in [4.69, 9.17) is 10.00 Å². The molecule has 0 spiro atoms. The molecule has 3 unspecified atom stereocenters. The third kappa shape index (κ3) is 2.79. The summed E-state index contributed by atoms with van der Waals surface area (Å²) in [4.78, 5) is 0. The normalized spacial score (nSPS) is 29.1. The number of hydrogen-bond donors (Lipinski definition) is 1. The van der Waals surface area contributed by atoms with Gasteiger partial charge in [0.05, 0.1) is 12.2 Å². The first-order valence-corrected chi connectivity index (χ1v) is 7.32. The van der Waals surface area contributed by atoms with E-state index in [9.17, 15) is 8.42 Å². The van der Waals surface area contributed by atoms with E-state index in [0.717, 1.165) is 0 Å². The van der Waals surface area contributed by atoms with E-state index < -0.39 is 15.3 Å². The molecule has 0 heterocycles. The van der Waals surface area contributed by atoms with E-state index in [-0.39, 0.29) is 17.6 Å². The number of nitrogens with zero attached hydrogens (tertiary/aromatic N) is 1. The van der Waals surface area contributed by atoms with E-state index in [1.165, 1.54) is 6.92 Å². The van der Waals surface area contributed by atoms with Crippen LogP contribution in [0.3, 0.4) is 0 Å². The Bertz CT molecular complexity index is 411. The van der Waals surface area contributed by atoms with E-state index in [1.807, 2.05) is 20.8 Å². The average Bonchev–Trinajstić information content (AvgIpc) is 2.26. The molecule has 0 aromatic rings. The Morgan fingerprint density at radius 2 is 2.18 bits per heavy atom. The molecule has 1 aliphatic carbocycles. The summed E-state index contributed by atoms with van der Waals surface area (Å²) in [6, 6.07) is 1.59. The fourth-order valence-corrected chi connectivity index (χ4v) is 3.08. The smallest absolute Gasteiger partial charge is 0.227 e. The highest BCUT2D eigenvalue weighted by atomic mass is 32.2. The third-order valence-electron chi connectivity index (χ3n) is 3.50. The summed E-state index contributed by atoms with van der Waals surface area (Å²) in [5, 5.41) is 7.62. The highest BCUT2D eigenvalue weighted by molar-refractivity contribution is 7.90. The van der Waals surface area contributed by atoms with Gasteiger partial charge in [-0.25, -0.2) is 13.1 Å². The molecule has 0 aromatic heterocycles. The quantitative estimate of drug-likeness (QED) is 0.800. The minimum atomic E-state index is -3.55. The Kier molecular flexibility index (Phi) is 4.18. The van der Waals surface area contributed by atoms with Crippen molar-refractivity contribution in [2.45, 2.75) is 51.5 Å². The van der Waals surface area contributed by atoms with Crippen molar-refractivity contribution in [1.82, 2.24) is 4.72 Å². The van der Waals surface area contributed by atoms with Gasteiger partial charge in [-0.1, -0.05) is 13.8 Å². The molecule has 3 atom stereocenters. The van der Waals surface area contributed by atoms with Gasteiger partial charge < -0.3 is 4.74 Å². The topological polar surface area (TPSA) is 79.2 Å². The number of sulfonamides is 1. The first-order chi connectivity index (χ1) is 7.75. The van der Waals surface area contributed by atoms with Crippen LogP contribution in [0.1, 0.15) is 34.1 Å². The monoisotopic (exact) mass is 260 g/mol. The van der Waals surface area contributed by atoms with Crippen molar-refractivity contribution in [3.05, 3.63) is 0 Å². The molecule has 98 valence electrons. The maximum atomic E-state index is 11.7. The fourth-order valence-electron chi connectivity index (χ4n) is 1.94. The van der Waals surface area contributed by atoms with Gasteiger partial charge in [0, 0.05) is 18.1 Å². The summed E-state index contributed by atoms with van der Waals surface area (Å²) in [6.45, 7) is 7.88. The van der Waals surface area contributed by atoms with E-state index in [0.29, 0.717) is 13.0 Å². The van der Waals surface area contributed by atoms with E-state index >= 15 is 0 Å². The zero-order chi connectivity index (χ0) is 13.3. The predicted octanol–water partition coefficient (Wildman–Crippen LogP) is 1.02. The van der Waals surface area contributed by atoms with Crippen LogP contribution >= 0.6 is 0 Å². The second kappa shape index (κ2) is 4.92. The van der Waals surface area contributed by atoms with Crippen LogP contribution in [0.15, 0.2) is 0 Å². The highest BCUT2D eigenvalue weighted by Gasteiger charge is 2.50. The van der Waals surface area contributed by atoms with Gasteiger partial charge in [0.2, 0.25) is 10.0 Å². The number of rotatable bonds is 5. The summed E-state index contributed by atoms with van der Waals surface area (Å²) in [5.41, 5.74) is -0.224. The van der Waals surface area contributed by atoms with Crippen LogP contribution in [0.25, 0.3) is 0 Å². The molecule has 1 rings (SSSR count). The van der Waals surface area contributed by atoms with Crippen LogP contribution < -0.4 is 4.72 Å². The Labute approximate surface area is 103 Å². The molecule has 1 fully saturated rings.